The molecule has 0 radical (unpaired) electrons. The number of tetrazole rings is 1. The van der Waals surface area contributed by atoms with Gasteiger partial charge in [0.2, 0.25) is 15.9 Å². The highest BCUT2D eigenvalue weighted by Crippen LogP contribution is 2.11. The van der Waals surface area contributed by atoms with Crippen molar-refractivity contribution in [1.82, 2.24) is 30.7 Å². The molecule has 1 unspecified atom stereocenters. The summed E-state index contributed by atoms with van der Waals surface area (Å²) in [6.07, 6.45) is 1.40. The number of sulfonamides is 1. The summed E-state index contributed by atoms with van der Waals surface area (Å²) in [4.78, 5) is 12.3. The van der Waals surface area contributed by atoms with E-state index in [0.717, 1.165) is 12.0 Å². The second kappa shape index (κ2) is 7.97. The van der Waals surface area contributed by atoms with Gasteiger partial charge in [0.25, 0.3) is 0 Å². The Labute approximate surface area is 140 Å². The number of carbonyl (C=O) groups is 1. The Kier molecular flexibility index (Phi) is 5.99. The van der Waals surface area contributed by atoms with Gasteiger partial charge in [-0.05, 0) is 31.2 Å². The predicted molar refractivity (Wildman–Crippen MR) is 86.5 cm³/mol. The maximum Gasteiger partial charge on any atom is 0.240 e. The van der Waals surface area contributed by atoms with Crippen LogP contribution in [0.3, 0.4) is 0 Å². The fourth-order valence-electron chi connectivity index (χ4n) is 2.16. The largest absolute Gasteiger partial charge is 0.353 e. The zero-order valence-corrected chi connectivity index (χ0v) is 14.3. The van der Waals surface area contributed by atoms with Crippen molar-refractivity contribution in [3.8, 4) is 0 Å². The molecule has 0 spiro atoms. The number of carbonyl (C=O) groups excluding carboxylic acids is 1. The van der Waals surface area contributed by atoms with Crippen molar-refractivity contribution in [2.75, 3.05) is 7.05 Å². The van der Waals surface area contributed by atoms with Gasteiger partial charge in [-0.15, -0.1) is 10.2 Å². The quantitative estimate of drug-likeness (QED) is 0.603. The van der Waals surface area contributed by atoms with E-state index in [-0.39, 0.29) is 23.3 Å². The van der Waals surface area contributed by atoms with Gasteiger partial charge in [0.15, 0.2) is 5.82 Å². The number of aromatic nitrogens is 4. The van der Waals surface area contributed by atoms with E-state index in [0.29, 0.717) is 12.2 Å². The molecule has 3 N–H and O–H groups in total. The van der Waals surface area contributed by atoms with Crippen molar-refractivity contribution < 1.29 is 13.2 Å². The number of H-pyrrole nitrogens is 1. The lowest BCUT2D eigenvalue weighted by atomic mass is 10.1. The predicted octanol–water partition coefficient (Wildman–Crippen LogP) is -0.212. The molecule has 0 saturated carbocycles. The Bertz CT molecular complexity index is 758. The second-order valence-electron chi connectivity index (χ2n) is 5.23. The number of nitrogens with zero attached hydrogens (tertiary/aromatic N) is 3. The van der Waals surface area contributed by atoms with Crippen molar-refractivity contribution >= 4 is 15.9 Å². The monoisotopic (exact) mass is 352 g/mol. The first-order chi connectivity index (χ1) is 11.4. The van der Waals surface area contributed by atoms with E-state index in [1.807, 2.05) is 6.92 Å². The van der Waals surface area contributed by atoms with E-state index in [2.05, 4.69) is 30.7 Å². The first kappa shape index (κ1) is 18.0. The minimum atomic E-state index is -3.47. The molecule has 2 rings (SSSR count). The van der Waals surface area contributed by atoms with Gasteiger partial charge in [-0.3, -0.25) is 4.79 Å². The number of hydrogen-bond donors (Lipinski definition) is 3. The van der Waals surface area contributed by atoms with Gasteiger partial charge < -0.3 is 5.32 Å². The molecule has 0 aliphatic rings. The van der Waals surface area contributed by atoms with E-state index in [1.54, 1.807) is 12.1 Å². The lowest BCUT2D eigenvalue weighted by Crippen LogP contribution is -2.37. The van der Waals surface area contributed by atoms with Crippen LogP contribution in [0.15, 0.2) is 29.2 Å². The number of amides is 1. The van der Waals surface area contributed by atoms with Crippen LogP contribution < -0.4 is 10.0 Å². The van der Waals surface area contributed by atoms with Gasteiger partial charge in [0.05, 0.1) is 11.3 Å². The molecule has 1 atom stereocenters. The molecule has 9 nitrogen and oxygen atoms in total. The molecule has 1 heterocycles. The van der Waals surface area contributed by atoms with E-state index in [4.69, 9.17) is 0 Å². The van der Waals surface area contributed by atoms with Crippen molar-refractivity contribution in [2.45, 2.75) is 37.1 Å². The molecule has 24 heavy (non-hydrogen) atoms. The third-order valence-electron chi connectivity index (χ3n) is 3.54. The van der Waals surface area contributed by atoms with Crippen molar-refractivity contribution in [1.29, 1.82) is 0 Å². The molecule has 1 aromatic heterocycles. The van der Waals surface area contributed by atoms with Gasteiger partial charge >= 0.3 is 0 Å². The first-order valence-corrected chi connectivity index (χ1v) is 8.97. The molecule has 10 heteroatoms. The highest BCUT2D eigenvalue weighted by atomic mass is 32.2. The Hall–Kier alpha value is -2.33. The number of nitrogens with one attached hydrogen (secondary N) is 3. The molecule has 130 valence electrons. The Morgan fingerprint density at radius 3 is 2.54 bits per heavy atom. The molecular weight excluding hydrogens is 332 g/mol. The van der Waals surface area contributed by atoms with Crippen LogP contribution in [0.2, 0.25) is 0 Å². The lowest BCUT2D eigenvalue weighted by Gasteiger charge is -2.15. The molecule has 2 aromatic rings. The number of rotatable bonds is 8. The maximum absolute atomic E-state index is 12.1. The van der Waals surface area contributed by atoms with Crippen LogP contribution in [0.25, 0.3) is 0 Å². The van der Waals surface area contributed by atoms with Gasteiger partial charge in [0, 0.05) is 12.5 Å². The molecule has 1 amide bonds. The average Bonchev–Trinajstić information content (AvgIpc) is 3.07. The Morgan fingerprint density at radius 2 is 2.00 bits per heavy atom. The Balaban J connectivity index is 1.94. The molecule has 0 bridgehead atoms. The standard InChI is InChI=1S/C14H20N6O3S/c1-3-11(9-13-17-19-20-18-13)16-14(21)8-10-4-6-12(7-5-10)24(22,23)15-2/h4-7,11,15H,3,8-9H2,1-2H3,(H,16,21)(H,17,18,19,20). The highest BCUT2D eigenvalue weighted by molar-refractivity contribution is 7.89. The van der Waals surface area contributed by atoms with Crippen molar-refractivity contribution in [3.63, 3.8) is 0 Å². The fraction of sp³-hybridized carbons (Fsp3) is 0.429. The summed E-state index contributed by atoms with van der Waals surface area (Å²) in [5, 5.41) is 16.5. The third kappa shape index (κ3) is 4.83. The van der Waals surface area contributed by atoms with Crippen LogP contribution in [0.1, 0.15) is 24.7 Å². The number of benzene rings is 1. The van der Waals surface area contributed by atoms with E-state index in [9.17, 15) is 13.2 Å². The maximum atomic E-state index is 12.1. The summed E-state index contributed by atoms with van der Waals surface area (Å²) in [6.45, 7) is 1.96. The molecular formula is C14H20N6O3S. The topological polar surface area (TPSA) is 130 Å². The van der Waals surface area contributed by atoms with Crippen LogP contribution in [0, 0.1) is 0 Å². The van der Waals surface area contributed by atoms with Gasteiger partial charge in [0.1, 0.15) is 0 Å². The van der Waals surface area contributed by atoms with Crippen molar-refractivity contribution in [3.05, 3.63) is 35.7 Å². The van der Waals surface area contributed by atoms with Crippen molar-refractivity contribution in [2.24, 2.45) is 0 Å². The van der Waals surface area contributed by atoms with E-state index >= 15 is 0 Å². The summed E-state index contributed by atoms with van der Waals surface area (Å²) >= 11 is 0. The molecule has 0 fully saturated rings. The second-order valence-corrected chi connectivity index (χ2v) is 7.12. The number of hydrogen-bond acceptors (Lipinski definition) is 6. The SMILES string of the molecule is CCC(Cc1nn[nH]n1)NC(=O)Cc1ccc(S(=O)(=O)NC)cc1. The average molecular weight is 352 g/mol. The highest BCUT2D eigenvalue weighted by Gasteiger charge is 2.15. The molecule has 0 aliphatic carbocycles. The van der Waals surface area contributed by atoms with E-state index < -0.39 is 10.0 Å². The normalized spacial score (nSPS) is 12.8. The summed E-state index contributed by atoms with van der Waals surface area (Å²) in [5.41, 5.74) is 0.733. The smallest absolute Gasteiger partial charge is 0.240 e. The van der Waals surface area contributed by atoms with Gasteiger partial charge in [-0.25, -0.2) is 13.1 Å². The van der Waals surface area contributed by atoms with Crippen LogP contribution in [-0.2, 0) is 27.7 Å². The summed E-state index contributed by atoms with van der Waals surface area (Å²) < 4.78 is 25.6. The van der Waals surface area contributed by atoms with Crippen LogP contribution >= 0.6 is 0 Å². The van der Waals surface area contributed by atoms with Gasteiger partial charge in [-0.2, -0.15) is 5.21 Å². The first-order valence-electron chi connectivity index (χ1n) is 7.48. The summed E-state index contributed by atoms with van der Waals surface area (Å²) in [5.74, 6) is 0.401. The minimum Gasteiger partial charge on any atom is -0.353 e. The minimum absolute atomic E-state index is 0.0842. The summed E-state index contributed by atoms with van der Waals surface area (Å²) in [6, 6.07) is 6.13. The number of aromatic amines is 1. The fourth-order valence-corrected chi connectivity index (χ4v) is 2.89. The van der Waals surface area contributed by atoms with Gasteiger partial charge in [-0.1, -0.05) is 24.3 Å². The lowest BCUT2D eigenvalue weighted by molar-refractivity contribution is -0.121. The third-order valence-corrected chi connectivity index (χ3v) is 4.97. The molecule has 0 aliphatic heterocycles. The van der Waals surface area contributed by atoms with Crippen LogP contribution in [0.5, 0.6) is 0 Å². The zero-order chi connectivity index (χ0) is 17.6. The Morgan fingerprint density at radius 1 is 1.29 bits per heavy atom. The van der Waals surface area contributed by atoms with E-state index in [1.165, 1.54) is 19.2 Å². The molecule has 0 saturated heterocycles. The summed E-state index contributed by atoms with van der Waals surface area (Å²) in [7, 11) is -2.12. The van der Waals surface area contributed by atoms with Crippen LogP contribution in [-0.4, -0.2) is 48.0 Å². The van der Waals surface area contributed by atoms with Crippen LogP contribution in [0.4, 0.5) is 0 Å². The molecule has 1 aromatic carbocycles. The zero-order valence-electron chi connectivity index (χ0n) is 13.5.